The van der Waals surface area contributed by atoms with Crippen molar-refractivity contribution < 1.29 is 14.4 Å². The lowest BCUT2D eigenvalue weighted by atomic mass is 9.73. The van der Waals surface area contributed by atoms with Crippen molar-refractivity contribution in [2.24, 2.45) is 11.8 Å². The van der Waals surface area contributed by atoms with Gasteiger partial charge in [0.2, 0.25) is 5.91 Å². The second-order valence-corrected chi connectivity index (χ2v) is 9.45. The first-order valence-corrected chi connectivity index (χ1v) is 12.2. The lowest BCUT2D eigenvalue weighted by molar-refractivity contribution is -0.137. The number of fused-ring (bicyclic) bond motifs is 1. The standard InChI is InChI=1S/C27H29N5O3/c28-17-18-9-11-19(12-10-18)24-23-21(7-4-8-22(23)33)25(26(34)31-15-13-29-14-16-31)32(24)27(35)30-20-5-2-1-3-6-20/h1-3,5-6,9-12,21,23-25,29H,4,7-8,13-16H2,(H,30,35). The van der Waals surface area contributed by atoms with E-state index < -0.39 is 18.0 Å². The van der Waals surface area contributed by atoms with Crippen LogP contribution in [0, 0.1) is 23.2 Å². The number of nitriles is 1. The number of likely N-dealkylation sites (tertiary alicyclic amines) is 1. The first-order chi connectivity index (χ1) is 17.1. The molecule has 0 radical (unpaired) electrons. The van der Waals surface area contributed by atoms with Crippen LogP contribution in [0.5, 0.6) is 0 Å². The van der Waals surface area contributed by atoms with E-state index in [1.807, 2.05) is 35.2 Å². The van der Waals surface area contributed by atoms with Gasteiger partial charge in [-0.3, -0.25) is 9.59 Å². The van der Waals surface area contributed by atoms with E-state index in [4.69, 9.17) is 0 Å². The number of urea groups is 1. The Morgan fingerprint density at radius 1 is 1.03 bits per heavy atom. The van der Waals surface area contributed by atoms with Crippen molar-refractivity contribution in [3.8, 4) is 6.07 Å². The van der Waals surface area contributed by atoms with Gasteiger partial charge in [0.05, 0.1) is 17.7 Å². The fourth-order valence-corrected chi connectivity index (χ4v) is 5.87. The largest absolute Gasteiger partial charge is 0.338 e. The summed E-state index contributed by atoms with van der Waals surface area (Å²) in [6, 6.07) is 16.6. The van der Waals surface area contributed by atoms with Gasteiger partial charge in [-0.2, -0.15) is 5.26 Å². The van der Waals surface area contributed by atoms with E-state index in [0.717, 1.165) is 18.4 Å². The molecule has 0 aromatic heterocycles. The molecule has 2 aromatic carbocycles. The zero-order valence-corrected chi connectivity index (χ0v) is 19.5. The molecule has 2 N–H and O–H groups in total. The van der Waals surface area contributed by atoms with Crippen LogP contribution in [0.1, 0.15) is 36.4 Å². The molecule has 8 heteroatoms. The maximum absolute atomic E-state index is 13.9. The van der Waals surface area contributed by atoms with Crippen molar-refractivity contribution in [2.45, 2.75) is 31.3 Å². The molecule has 1 saturated carbocycles. The first-order valence-electron chi connectivity index (χ1n) is 12.2. The van der Waals surface area contributed by atoms with Gasteiger partial charge in [0.1, 0.15) is 11.8 Å². The number of Topliss-reactive ketones (excluding diaryl/α,β-unsaturated/α-hetero) is 1. The summed E-state index contributed by atoms with van der Waals surface area (Å²) in [7, 11) is 0. The van der Waals surface area contributed by atoms with Crippen LogP contribution >= 0.6 is 0 Å². The van der Waals surface area contributed by atoms with Gasteiger partial charge in [-0.05, 0) is 42.7 Å². The van der Waals surface area contributed by atoms with Crippen LogP contribution < -0.4 is 10.6 Å². The van der Waals surface area contributed by atoms with Crippen molar-refractivity contribution in [1.82, 2.24) is 15.1 Å². The number of carbonyl (C=O) groups is 3. The normalized spacial score (nSPS) is 26.1. The number of piperazine rings is 1. The second-order valence-electron chi connectivity index (χ2n) is 9.45. The molecule has 1 aliphatic carbocycles. The number of para-hydroxylation sites is 1. The van der Waals surface area contributed by atoms with Crippen LogP contribution in [0.15, 0.2) is 54.6 Å². The number of nitrogens with one attached hydrogen (secondary N) is 2. The van der Waals surface area contributed by atoms with Gasteiger partial charge < -0.3 is 20.4 Å². The van der Waals surface area contributed by atoms with Crippen molar-refractivity contribution in [3.05, 3.63) is 65.7 Å². The highest BCUT2D eigenvalue weighted by molar-refractivity contribution is 5.97. The Morgan fingerprint density at radius 2 is 1.74 bits per heavy atom. The zero-order chi connectivity index (χ0) is 24.4. The van der Waals surface area contributed by atoms with E-state index >= 15 is 0 Å². The number of carbonyl (C=O) groups excluding carboxylic acids is 3. The minimum Gasteiger partial charge on any atom is -0.338 e. The summed E-state index contributed by atoms with van der Waals surface area (Å²) in [6.07, 6.45) is 1.90. The van der Waals surface area contributed by atoms with Gasteiger partial charge in [-0.15, -0.1) is 0 Å². The van der Waals surface area contributed by atoms with Crippen LogP contribution in [-0.2, 0) is 9.59 Å². The molecular formula is C27H29N5O3. The molecule has 5 rings (SSSR count). The van der Waals surface area contributed by atoms with Crippen LogP contribution in [0.3, 0.4) is 0 Å². The Balaban J connectivity index is 1.58. The minimum atomic E-state index is -0.716. The van der Waals surface area contributed by atoms with Crippen LogP contribution in [0.2, 0.25) is 0 Å². The quantitative estimate of drug-likeness (QED) is 0.716. The molecule has 2 aromatic rings. The fraction of sp³-hybridized carbons (Fsp3) is 0.407. The van der Waals surface area contributed by atoms with Crippen molar-refractivity contribution >= 4 is 23.4 Å². The third-order valence-electron chi connectivity index (χ3n) is 7.46. The van der Waals surface area contributed by atoms with Gasteiger partial charge in [-0.1, -0.05) is 30.3 Å². The summed E-state index contributed by atoms with van der Waals surface area (Å²) in [6.45, 7) is 2.58. The lowest BCUT2D eigenvalue weighted by Crippen LogP contribution is -2.55. The Labute approximate surface area is 204 Å². The predicted molar refractivity (Wildman–Crippen MR) is 130 cm³/mol. The van der Waals surface area contributed by atoms with E-state index in [1.165, 1.54) is 0 Å². The Bertz CT molecular complexity index is 1140. The number of nitrogens with zero attached hydrogens (tertiary/aromatic N) is 3. The average Bonchev–Trinajstić information content (AvgIpc) is 3.26. The van der Waals surface area contributed by atoms with Crippen LogP contribution in [-0.4, -0.2) is 59.7 Å². The number of hydrogen-bond donors (Lipinski definition) is 2. The van der Waals surface area contributed by atoms with E-state index in [0.29, 0.717) is 43.9 Å². The molecule has 3 fully saturated rings. The summed E-state index contributed by atoms with van der Waals surface area (Å²) >= 11 is 0. The van der Waals surface area contributed by atoms with E-state index in [-0.39, 0.29) is 23.6 Å². The molecule has 2 saturated heterocycles. The molecule has 4 unspecified atom stereocenters. The SMILES string of the molecule is N#Cc1ccc(C2C3C(=O)CCCC3C(C(=O)N3CCNCC3)N2C(=O)Nc2ccccc2)cc1. The number of amides is 3. The molecule has 8 nitrogen and oxygen atoms in total. The highest BCUT2D eigenvalue weighted by Gasteiger charge is 2.58. The van der Waals surface area contributed by atoms with Gasteiger partial charge >= 0.3 is 6.03 Å². The Hall–Kier alpha value is -3.70. The van der Waals surface area contributed by atoms with Gasteiger partial charge in [0.25, 0.3) is 0 Å². The molecule has 180 valence electrons. The summed E-state index contributed by atoms with van der Waals surface area (Å²) < 4.78 is 0. The average molecular weight is 472 g/mol. The summed E-state index contributed by atoms with van der Waals surface area (Å²) in [5.41, 5.74) is 1.91. The molecule has 3 amide bonds. The molecule has 0 spiro atoms. The smallest absolute Gasteiger partial charge is 0.323 e. The number of rotatable bonds is 3. The summed E-state index contributed by atoms with van der Waals surface area (Å²) in [5, 5.41) is 15.5. The Kier molecular flexibility index (Phi) is 6.51. The van der Waals surface area contributed by atoms with Gasteiger partial charge in [0.15, 0.2) is 0 Å². The number of benzene rings is 2. The summed E-state index contributed by atoms with van der Waals surface area (Å²) in [5.74, 6) is -0.671. The molecule has 3 aliphatic rings. The summed E-state index contributed by atoms with van der Waals surface area (Å²) in [4.78, 5) is 44.5. The first kappa shape index (κ1) is 23.1. The molecule has 0 bridgehead atoms. The zero-order valence-electron chi connectivity index (χ0n) is 19.5. The lowest BCUT2D eigenvalue weighted by Gasteiger charge is -2.36. The second kappa shape index (κ2) is 9.88. The fourth-order valence-electron chi connectivity index (χ4n) is 5.87. The molecule has 2 heterocycles. The van der Waals surface area contributed by atoms with Crippen molar-refractivity contribution in [3.63, 3.8) is 0 Å². The van der Waals surface area contributed by atoms with E-state index in [1.54, 1.807) is 29.2 Å². The van der Waals surface area contributed by atoms with Gasteiger partial charge in [-0.25, -0.2) is 4.79 Å². The highest BCUT2D eigenvalue weighted by Crippen LogP contribution is 2.50. The highest BCUT2D eigenvalue weighted by atomic mass is 16.2. The Morgan fingerprint density at radius 3 is 2.43 bits per heavy atom. The predicted octanol–water partition coefficient (Wildman–Crippen LogP) is 2.93. The van der Waals surface area contributed by atoms with E-state index in [9.17, 15) is 19.6 Å². The minimum absolute atomic E-state index is 0.0874. The van der Waals surface area contributed by atoms with Gasteiger partial charge in [0, 0.05) is 50.1 Å². The van der Waals surface area contributed by atoms with E-state index in [2.05, 4.69) is 16.7 Å². The number of anilines is 1. The van der Waals surface area contributed by atoms with Crippen LogP contribution in [0.25, 0.3) is 0 Å². The topological polar surface area (TPSA) is 106 Å². The molecule has 2 aliphatic heterocycles. The molecule has 35 heavy (non-hydrogen) atoms. The number of ketones is 1. The van der Waals surface area contributed by atoms with Crippen molar-refractivity contribution in [2.75, 3.05) is 31.5 Å². The molecule has 4 atom stereocenters. The van der Waals surface area contributed by atoms with Crippen molar-refractivity contribution in [1.29, 1.82) is 5.26 Å². The maximum atomic E-state index is 13.9. The maximum Gasteiger partial charge on any atom is 0.323 e. The van der Waals surface area contributed by atoms with Crippen LogP contribution in [0.4, 0.5) is 10.5 Å². The number of hydrogen-bond acceptors (Lipinski definition) is 5. The molecular weight excluding hydrogens is 442 g/mol. The monoisotopic (exact) mass is 471 g/mol. The third kappa shape index (κ3) is 4.40. The third-order valence-corrected chi connectivity index (χ3v) is 7.46.